The van der Waals surface area contributed by atoms with Gasteiger partial charge in [0.1, 0.15) is 24.5 Å². The van der Waals surface area contributed by atoms with Gasteiger partial charge < -0.3 is 24.2 Å². The zero-order valence-corrected chi connectivity index (χ0v) is 17.9. The lowest BCUT2D eigenvalue weighted by molar-refractivity contribution is -0.0232. The van der Waals surface area contributed by atoms with Gasteiger partial charge in [-0.1, -0.05) is 12.1 Å². The fraction of sp³-hybridized carbons (Fsp3) is 0.375. The Morgan fingerprint density at radius 1 is 1.00 bits per heavy atom. The molecule has 9 nitrogen and oxygen atoms in total. The van der Waals surface area contributed by atoms with Crippen LogP contribution >= 0.6 is 0 Å². The number of aliphatic hydroxyl groups is 1. The van der Waals surface area contributed by atoms with Crippen molar-refractivity contribution in [3.63, 3.8) is 0 Å². The molecule has 3 aliphatic rings. The summed E-state index contributed by atoms with van der Waals surface area (Å²) in [6.45, 7) is 1.49. The highest BCUT2D eigenvalue weighted by Crippen LogP contribution is 2.40. The first kappa shape index (κ1) is 20.0. The number of aliphatic hydroxyl groups excluding tert-OH is 1. The fourth-order valence-corrected chi connectivity index (χ4v) is 5.18. The lowest BCUT2D eigenvalue weighted by atomic mass is 9.78. The number of carbonyl (C=O) groups excluding carboxylic acids is 1. The number of carbonyl (C=O) groups is 1. The molecule has 2 aromatic carbocycles. The monoisotopic (exact) mass is 448 g/mol. The van der Waals surface area contributed by atoms with E-state index in [2.05, 4.69) is 10.2 Å². The number of aromatic nitrogens is 3. The number of hydrogen-bond donors (Lipinski definition) is 1. The van der Waals surface area contributed by atoms with Crippen LogP contribution in [0, 0.1) is 11.8 Å². The van der Waals surface area contributed by atoms with E-state index in [1.54, 1.807) is 23.3 Å². The molecule has 0 unspecified atom stereocenters. The molecule has 9 heteroatoms. The summed E-state index contributed by atoms with van der Waals surface area (Å²) in [5.41, 5.74) is 1.37. The predicted molar refractivity (Wildman–Crippen MR) is 116 cm³/mol. The lowest BCUT2D eigenvalue weighted by Crippen LogP contribution is -2.42. The van der Waals surface area contributed by atoms with Gasteiger partial charge in [-0.05, 0) is 48.9 Å². The van der Waals surface area contributed by atoms with Gasteiger partial charge in [0.15, 0.2) is 11.5 Å². The number of fused-ring (bicyclic) bond motifs is 2. The van der Waals surface area contributed by atoms with Crippen LogP contribution in [0.3, 0.4) is 0 Å². The van der Waals surface area contributed by atoms with Gasteiger partial charge in [0.25, 0.3) is 5.91 Å². The lowest BCUT2D eigenvalue weighted by Gasteiger charge is -2.35. The average Bonchev–Trinajstić information content (AvgIpc) is 3.59. The molecule has 1 amide bonds. The minimum atomic E-state index is -0.587. The molecule has 2 aliphatic heterocycles. The van der Waals surface area contributed by atoms with Crippen LogP contribution in [-0.4, -0.2) is 62.8 Å². The second-order valence-corrected chi connectivity index (χ2v) is 8.83. The van der Waals surface area contributed by atoms with E-state index in [1.165, 1.54) is 0 Å². The maximum Gasteiger partial charge on any atom is 0.256 e. The largest absolute Gasteiger partial charge is 0.488 e. The Morgan fingerprint density at radius 3 is 2.61 bits per heavy atom. The van der Waals surface area contributed by atoms with Crippen molar-refractivity contribution in [3.8, 4) is 22.9 Å². The van der Waals surface area contributed by atoms with Gasteiger partial charge in [-0.25, -0.2) is 0 Å². The molecule has 3 heterocycles. The van der Waals surface area contributed by atoms with Crippen molar-refractivity contribution < 1.29 is 24.1 Å². The summed E-state index contributed by atoms with van der Waals surface area (Å²) in [6.07, 6.45) is 3.56. The summed E-state index contributed by atoms with van der Waals surface area (Å²) in [4.78, 5) is 15.3. The Labute approximate surface area is 190 Å². The molecule has 0 radical (unpaired) electrons. The van der Waals surface area contributed by atoms with Gasteiger partial charge in [-0.3, -0.25) is 9.36 Å². The molecule has 1 aliphatic carbocycles. The minimum absolute atomic E-state index is 0.0172. The van der Waals surface area contributed by atoms with Crippen molar-refractivity contribution in [2.45, 2.75) is 25.0 Å². The first-order valence-electron chi connectivity index (χ1n) is 11.1. The van der Waals surface area contributed by atoms with Crippen LogP contribution in [0.15, 0.2) is 55.1 Å². The predicted octanol–water partition coefficient (Wildman–Crippen LogP) is 2.29. The van der Waals surface area contributed by atoms with Crippen LogP contribution in [0.5, 0.6) is 17.2 Å². The molecule has 4 atom stereocenters. The number of amides is 1. The zero-order valence-electron chi connectivity index (χ0n) is 17.9. The molecule has 1 aromatic heterocycles. The molecule has 2 fully saturated rings. The smallest absolute Gasteiger partial charge is 0.256 e. The Kier molecular flexibility index (Phi) is 4.91. The van der Waals surface area contributed by atoms with Crippen molar-refractivity contribution in [1.29, 1.82) is 0 Å². The van der Waals surface area contributed by atoms with Gasteiger partial charge in [0.05, 0.1) is 17.4 Å². The van der Waals surface area contributed by atoms with Gasteiger partial charge >= 0.3 is 0 Å². The van der Waals surface area contributed by atoms with Gasteiger partial charge in [0.2, 0.25) is 6.79 Å². The van der Waals surface area contributed by atoms with Crippen molar-refractivity contribution in [2.24, 2.45) is 11.8 Å². The summed E-state index contributed by atoms with van der Waals surface area (Å²) in [5, 5.41) is 18.5. The third kappa shape index (κ3) is 3.68. The highest BCUT2D eigenvalue weighted by molar-refractivity contribution is 5.98. The van der Waals surface area contributed by atoms with E-state index in [4.69, 9.17) is 14.2 Å². The molecule has 1 saturated heterocycles. The van der Waals surface area contributed by atoms with Crippen LogP contribution in [0.1, 0.15) is 23.2 Å². The molecule has 3 aromatic rings. The van der Waals surface area contributed by atoms with E-state index in [9.17, 15) is 9.90 Å². The molecule has 0 spiro atoms. The number of ether oxygens (including phenoxy) is 3. The molecule has 33 heavy (non-hydrogen) atoms. The quantitative estimate of drug-likeness (QED) is 0.654. The van der Waals surface area contributed by atoms with Crippen molar-refractivity contribution in [2.75, 3.05) is 19.9 Å². The molecular formula is C24H24N4O5. The number of hydrogen-bond acceptors (Lipinski definition) is 7. The highest BCUT2D eigenvalue weighted by Gasteiger charge is 2.44. The molecular weight excluding hydrogens is 424 g/mol. The first-order valence-corrected chi connectivity index (χ1v) is 11.1. The van der Waals surface area contributed by atoms with E-state index in [1.807, 2.05) is 41.3 Å². The Bertz CT molecular complexity index is 1170. The van der Waals surface area contributed by atoms with Crippen LogP contribution in [0.4, 0.5) is 0 Å². The third-order valence-electron chi connectivity index (χ3n) is 6.83. The Morgan fingerprint density at radius 2 is 1.76 bits per heavy atom. The number of nitrogens with zero attached hydrogens (tertiary/aromatic N) is 4. The Hall–Kier alpha value is -3.59. The summed E-state index contributed by atoms with van der Waals surface area (Å²) >= 11 is 0. The summed E-state index contributed by atoms with van der Waals surface area (Å²) < 4.78 is 18.7. The Balaban J connectivity index is 1.16. The third-order valence-corrected chi connectivity index (χ3v) is 6.83. The van der Waals surface area contributed by atoms with E-state index in [0.29, 0.717) is 48.7 Å². The number of para-hydroxylation sites is 1. The normalized spacial score (nSPS) is 25.7. The molecule has 170 valence electrons. The van der Waals surface area contributed by atoms with Crippen LogP contribution in [0.25, 0.3) is 5.69 Å². The zero-order chi connectivity index (χ0) is 22.4. The average molecular weight is 448 g/mol. The first-order chi connectivity index (χ1) is 16.2. The summed E-state index contributed by atoms with van der Waals surface area (Å²) in [6, 6.07) is 12.9. The van der Waals surface area contributed by atoms with Crippen molar-refractivity contribution in [3.05, 3.63) is 60.7 Å². The van der Waals surface area contributed by atoms with E-state index in [0.717, 1.165) is 5.69 Å². The summed E-state index contributed by atoms with van der Waals surface area (Å²) in [7, 11) is 0. The maximum atomic E-state index is 13.4. The molecule has 1 N–H and O–H groups in total. The fourth-order valence-electron chi connectivity index (χ4n) is 5.18. The summed E-state index contributed by atoms with van der Waals surface area (Å²) in [5.74, 6) is 2.51. The molecule has 6 rings (SSSR count). The van der Waals surface area contributed by atoms with Gasteiger partial charge in [-0.15, -0.1) is 10.2 Å². The van der Waals surface area contributed by atoms with Gasteiger partial charge in [-0.2, -0.15) is 0 Å². The topological polar surface area (TPSA) is 98.9 Å². The second kappa shape index (κ2) is 8.08. The number of benzene rings is 2. The molecule has 1 saturated carbocycles. The number of likely N-dealkylation sites (tertiary alicyclic amines) is 1. The minimum Gasteiger partial charge on any atom is -0.488 e. The van der Waals surface area contributed by atoms with Crippen LogP contribution in [0.2, 0.25) is 0 Å². The SMILES string of the molecule is O=C(c1ccccc1-n1cnnc1)N1C[C@H]2C[C@@H](Oc3ccc4c(c3)OCO4)[C@H](O)C[C@H]2C1. The van der Waals surface area contributed by atoms with Crippen LogP contribution < -0.4 is 14.2 Å². The van der Waals surface area contributed by atoms with Gasteiger partial charge in [0, 0.05) is 19.2 Å². The maximum absolute atomic E-state index is 13.4. The van der Waals surface area contributed by atoms with E-state index >= 15 is 0 Å². The van der Waals surface area contributed by atoms with Crippen molar-refractivity contribution >= 4 is 5.91 Å². The molecule has 0 bridgehead atoms. The van der Waals surface area contributed by atoms with Crippen molar-refractivity contribution in [1.82, 2.24) is 19.7 Å². The highest BCUT2D eigenvalue weighted by atomic mass is 16.7. The van der Waals surface area contributed by atoms with E-state index < -0.39 is 6.10 Å². The van der Waals surface area contributed by atoms with E-state index in [-0.39, 0.29) is 30.6 Å². The standard InChI is InChI=1S/C24H24N4O5/c29-20-7-15-10-27(24(30)18-3-1-2-4-19(18)28-12-25-26-13-28)11-16(15)8-22(20)33-17-5-6-21-23(9-17)32-14-31-21/h1-6,9,12-13,15-16,20,22,29H,7-8,10-11,14H2/t15-,16+,20+,22+/m0/s1. The van der Waals surface area contributed by atoms with Crippen LogP contribution in [-0.2, 0) is 0 Å². The number of rotatable bonds is 4. The second-order valence-electron chi connectivity index (χ2n) is 8.83.